The summed E-state index contributed by atoms with van der Waals surface area (Å²) in [5.41, 5.74) is 2.26. The van der Waals surface area contributed by atoms with Crippen LogP contribution in [0.1, 0.15) is 26.3 Å². The monoisotopic (exact) mass is 205 g/mol. The molecule has 0 fully saturated rings. The molecule has 0 saturated heterocycles. The Balaban J connectivity index is 2.87. The van der Waals surface area contributed by atoms with Gasteiger partial charge in [-0.25, -0.2) is 0 Å². The maximum absolute atomic E-state index is 11.2. The minimum Gasteiger partial charge on any atom is -0.316 e. The molecule has 0 aliphatic heterocycles. The summed E-state index contributed by atoms with van der Waals surface area (Å²) in [4.78, 5) is 12.9. The van der Waals surface area contributed by atoms with E-state index in [4.69, 9.17) is 0 Å². The zero-order valence-electron chi connectivity index (χ0n) is 9.95. The molecule has 82 valence electrons. The number of hydrogen-bond donors (Lipinski definition) is 0. The summed E-state index contributed by atoms with van der Waals surface area (Å²) in [5.74, 6) is 0.708. The fourth-order valence-corrected chi connectivity index (χ4v) is 1.55. The lowest BCUT2D eigenvalue weighted by molar-refractivity contribution is -0.116. The molecule has 0 radical (unpaired) electrons. The number of rotatable bonds is 3. The number of nitrogens with zero attached hydrogens (tertiary/aromatic N) is 1. The van der Waals surface area contributed by atoms with E-state index in [-0.39, 0.29) is 5.91 Å². The van der Waals surface area contributed by atoms with E-state index in [1.807, 2.05) is 12.1 Å². The molecule has 0 saturated carbocycles. The third-order valence-electron chi connectivity index (χ3n) is 2.41. The van der Waals surface area contributed by atoms with Gasteiger partial charge in [-0.3, -0.25) is 4.79 Å². The van der Waals surface area contributed by atoms with Gasteiger partial charge in [0.2, 0.25) is 5.91 Å². The highest BCUT2D eigenvalue weighted by atomic mass is 16.2. The van der Waals surface area contributed by atoms with E-state index in [2.05, 4.69) is 26.0 Å². The lowest BCUT2D eigenvalue weighted by atomic mass is 10.0. The van der Waals surface area contributed by atoms with Crippen molar-refractivity contribution in [1.29, 1.82) is 0 Å². The molecule has 0 atom stereocenters. The number of carbonyl (C=O) groups is 1. The second-order valence-corrected chi connectivity index (χ2v) is 4.35. The number of hydrogen-bond acceptors (Lipinski definition) is 1. The van der Waals surface area contributed by atoms with E-state index in [0.29, 0.717) is 5.92 Å². The van der Waals surface area contributed by atoms with Gasteiger partial charge in [-0.05, 0) is 30.0 Å². The smallest absolute Gasteiger partial charge is 0.223 e. The highest BCUT2D eigenvalue weighted by Gasteiger charge is 2.06. The molecule has 0 spiro atoms. The first-order chi connectivity index (χ1) is 7.00. The molecule has 0 bridgehead atoms. The first-order valence-corrected chi connectivity index (χ1v) is 5.34. The minimum absolute atomic E-state index is 0.0664. The van der Waals surface area contributed by atoms with Gasteiger partial charge in [0.1, 0.15) is 0 Å². The number of benzene rings is 1. The topological polar surface area (TPSA) is 20.3 Å². The van der Waals surface area contributed by atoms with Crippen LogP contribution >= 0.6 is 0 Å². The molecule has 0 N–H and O–H groups in total. The summed E-state index contributed by atoms with van der Waals surface area (Å²) in [6, 6.07) is 8.16. The summed E-state index contributed by atoms with van der Waals surface area (Å²) in [7, 11) is 1.80. The second kappa shape index (κ2) is 4.96. The van der Waals surface area contributed by atoms with Gasteiger partial charge in [-0.1, -0.05) is 26.0 Å². The molecule has 1 aromatic rings. The standard InChI is InChI=1S/C13H19NO/c1-10(2)8-12-6-5-7-13(9-12)14(4)11(3)15/h5-7,9-10H,8H2,1-4H3. The Hall–Kier alpha value is -1.31. The van der Waals surface area contributed by atoms with Crippen LogP contribution in [0.2, 0.25) is 0 Å². The SMILES string of the molecule is CC(=O)N(C)c1cccc(CC(C)C)c1. The van der Waals surface area contributed by atoms with Crippen LogP contribution in [-0.2, 0) is 11.2 Å². The minimum atomic E-state index is 0.0664. The molecular formula is C13H19NO. The van der Waals surface area contributed by atoms with Gasteiger partial charge >= 0.3 is 0 Å². The fourth-order valence-electron chi connectivity index (χ4n) is 1.55. The van der Waals surface area contributed by atoms with Crippen LogP contribution in [0.15, 0.2) is 24.3 Å². The van der Waals surface area contributed by atoms with Gasteiger partial charge in [0.15, 0.2) is 0 Å². The molecule has 15 heavy (non-hydrogen) atoms. The average molecular weight is 205 g/mol. The lowest BCUT2D eigenvalue weighted by Crippen LogP contribution is -2.22. The summed E-state index contributed by atoms with van der Waals surface area (Å²) in [6.07, 6.45) is 1.06. The van der Waals surface area contributed by atoms with Crippen LogP contribution < -0.4 is 4.90 Å². The van der Waals surface area contributed by atoms with Gasteiger partial charge in [-0.2, -0.15) is 0 Å². The van der Waals surface area contributed by atoms with E-state index >= 15 is 0 Å². The van der Waals surface area contributed by atoms with Crippen LogP contribution in [0.5, 0.6) is 0 Å². The summed E-state index contributed by atoms with van der Waals surface area (Å²) in [6.45, 7) is 5.97. The van der Waals surface area contributed by atoms with Crippen molar-refractivity contribution < 1.29 is 4.79 Å². The number of carbonyl (C=O) groups excluding carboxylic acids is 1. The van der Waals surface area contributed by atoms with Crippen LogP contribution in [0, 0.1) is 5.92 Å². The highest BCUT2D eigenvalue weighted by Crippen LogP contribution is 2.17. The summed E-state index contributed by atoms with van der Waals surface area (Å²) >= 11 is 0. The van der Waals surface area contributed by atoms with Gasteiger partial charge in [-0.15, -0.1) is 0 Å². The Morgan fingerprint density at radius 2 is 2.07 bits per heavy atom. The van der Waals surface area contributed by atoms with Gasteiger partial charge in [0.25, 0.3) is 0 Å². The molecular weight excluding hydrogens is 186 g/mol. The maximum atomic E-state index is 11.2. The molecule has 1 rings (SSSR count). The van der Waals surface area contributed by atoms with Crippen molar-refractivity contribution in [3.63, 3.8) is 0 Å². The van der Waals surface area contributed by atoms with E-state index in [0.717, 1.165) is 12.1 Å². The Morgan fingerprint density at radius 1 is 1.40 bits per heavy atom. The molecule has 0 aliphatic rings. The van der Waals surface area contributed by atoms with E-state index in [9.17, 15) is 4.79 Å². The Labute approximate surface area is 91.9 Å². The van der Waals surface area contributed by atoms with E-state index in [1.165, 1.54) is 5.56 Å². The zero-order valence-corrected chi connectivity index (χ0v) is 9.95. The Morgan fingerprint density at radius 3 is 2.60 bits per heavy atom. The summed E-state index contributed by atoms with van der Waals surface area (Å²) in [5, 5.41) is 0. The molecule has 1 amide bonds. The Kier molecular flexibility index (Phi) is 3.89. The van der Waals surface area contributed by atoms with Crippen molar-refractivity contribution in [1.82, 2.24) is 0 Å². The van der Waals surface area contributed by atoms with Crippen molar-refractivity contribution in [2.24, 2.45) is 5.92 Å². The molecule has 2 nitrogen and oxygen atoms in total. The molecule has 0 aliphatic carbocycles. The summed E-state index contributed by atoms with van der Waals surface area (Å²) < 4.78 is 0. The van der Waals surface area contributed by atoms with E-state index < -0.39 is 0 Å². The predicted octanol–water partition coefficient (Wildman–Crippen LogP) is 2.87. The molecule has 1 aromatic carbocycles. The number of amides is 1. The normalized spacial score (nSPS) is 10.5. The van der Waals surface area contributed by atoms with Crippen molar-refractivity contribution in [3.05, 3.63) is 29.8 Å². The van der Waals surface area contributed by atoms with Gasteiger partial charge in [0, 0.05) is 19.7 Å². The zero-order chi connectivity index (χ0) is 11.4. The third-order valence-corrected chi connectivity index (χ3v) is 2.41. The van der Waals surface area contributed by atoms with Crippen molar-refractivity contribution in [2.45, 2.75) is 27.2 Å². The van der Waals surface area contributed by atoms with Crippen molar-refractivity contribution in [2.75, 3.05) is 11.9 Å². The van der Waals surface area contributed by atoms with Crippen molar-refractivity contribution >= 4 is 11.6 Å². The average Bonchev–Trinajstić information content (AvgIpc) is 2.16. The van der Waals surface area contributed by atoms with Crippen molar-refractivity contribution in [3.8, 4) is 0 Å². The first kappa shape index (κ1) is 11.8. The largest absolute Gasteiger partial charge is 0.316 e. The van der Waals surface area contributed by atoms with E-state index in [1.54, 1.807) is 18.9 Å². The Bertz CT molecular complexity index is 344. The molecule has 0 aromatic heterocycles. The molecule has 0 heterocycles. The van der Waals surface area contributed by atoms with Gasteiger partial charge in [0.05, 0.1) is 0 Å². The van der Waals surface area contributed by atoms with Crippen LogP contribution in [0.4, 0.5) is 5.69 Å². The van der Waals surface area contributed by atoms with Crippen LogP contribution in [0.25, 0.3) is 0 Å². The van der Waals surface area contributed by atoms with Crippen LogP contribution in [-0.4, -0.2) is 13.0 Å². The lowest BCUT2D eigenvalue weighted by Gasteiger charge is -2.16. The second-order valence-electron chi connectivity index (χ2n) is 4.35. The third kappa shape index (κ3) is 3.39. The predicted molar refractivity (Wildman–Crippen MR) is 64.1 cm³/mol. The molecule has 2 heteroatoms. The highest BCUT2D eigenvalue weighted by molar-refractivity contribution is 5.90. The van der Waals surface area contributed by atoms with Crippen LogP contribution in [0.3, 0.4) is 0 Å². The van der Waals surface area contributed by atoms with Gasteiger partial charge < -0.3 is 4.90 Å². The number of anilines is 1. The maximum Gasteiger partial charge on any atom is 0.223 e. The quantitative estimate of drug-likeness (QED) is 0.743. The molecule has 0 unspecified atom stereocenters. The fraction of sp³-hybridized carbons (Fsp3) is 0.462. The first-order valence-electron chi connectivity index (χ1n) is 5.34.